The molecule has 128 valence electrons. The van der Waals surface area contributed by atoms with Gasteiger partial charge in [0.25, 0.3) is 5.91 Å². The third-order valence-electron chi connectivity index (χ3n) is 2.64. The summed E-state index contributed by atoms with van der Waals surface area (Å²) in [6.45, 7) is 0. The number of alkyl halides is 3. The number of rotatable bonds is 5. The number of amides is 1. The standard InChI is InChI=1S/C12H9F3N4O4S/c1-22-9-6(10(23-2)17-4-16-9)8(21)19-11-18-7(12(13,14)15)5(3-20)24-11/h3-4H,1-2H3,(H,18,19,21). The van der Waals surface area contributed by atoms with Gasteiger partial charge in [0, 0.05) is 0 Å². The minimum absolute atomic E-state index is 0.0168. The van der Waals surface area contributed by atoms with E-state index in [1.165, 1.54) is 14.2 Å². The monoisotopic (exact) mass is 362 g/mol. The van der Waals surface area contributed by atoms with Crippen molar-refractivity contribution in [3.05, 3.63) is 22.5 Å². The van der Waals surface area contributed by atoms with E-state index in [1.54, 1.807) is 0 Å². The Kier molecular flexibility index (Phi) is 4.97. The van der Waals surface area contributed by atoms with Crippen molar-refractivity contribution in [1.82, 2.24) is 15.0 Å². The predicted octanol–water partition coefficient (Wildman–Crippen LogP) is 2.03. The van der Waals surface area contributed by atoms with Gasteiger partial charge in [-0.1, -0.05) is 11.3 Å². The predicted molar refractivity (Wildman–Crippen MR) is 75.6 cm³/mol. The fraction of sp³-hybridized carbons (Fsp3) is 0.250. The van der Waals surface area contributed by atoms with E-state index in [1.807, 2.05) is 0 Å². The highest BCUT2D eigenvalue weighted by Gasteiger charge is 2.38. The van der Waals surface area contributed by atoms with Crippen molar-refractivity contribution in [3.63, 3.8) is 0 Å². The van der Waals surface area contributed by atoms with Gasteiger partial charge < -0.3 is 9.47 Å². The lowest BCUT2D eigenvalue weighted by Gasteiger charge is -2.09. The van der Waals surface area contributed by atoms with Crippen LogP contribution in [0.3, 0.4) is 0 Å². The van der Waals surface area contributed by atoms with E-state index in [4.69, 9.17) is 9.47 Å². The van der Waals surface area contributed by atoms with E-state index < -0.39 is 27.8 Å². The summed E-state index contributed by atoms with van der Waals surface area (Å²) in [5.74, 6) is -1.17. The number of carbonyl (C=O) groups excluding carboxylic acids is 2. The van der Waals surface area contributed by atoms with Crippen LogP contribution < -0.4 is 14.8 Å². The van der Waals surface area contributed by atoms with Crippen molar-refractivity contribution in [2.75, 3.05) is 19.5 Å². The first-order chi connectivity index (χ1) is 11.3. The molecule has 8 nitrogen and oxygen atoms in total. The molecule has 2 aromatic rings. The van der Waals surface area contributed by atoms with Crippen LogP contribution in [0.2, 0.25) is 0 Å². The number of nitrogens with one attached hydrogen (secondary N) is 1. The smallest absolute Gasteiger partial charge is 0.434 e. The number of aldehydes is 1. The molecule has 0 aliphatic carbocycles. The molecule has 0 radical (unpaired) electrons. The van der Waals surface area contributed by atoms with Gasteiger partial charge in [-0.25, -0.2) is 15.0 Å². The molecule has 0 spiro atoms. The van der Waals surface area contributed by atoms with Crippen LogP contribution in [-0.4, -0.2) is 41.4 Å². The van der Waals surface area contributed by atoms with Gasteiger partial charge in [0.1, 0.15) is 11.2 Å². The summed E-state index contributed by atoms with van der Waals surface area (Å²) in [6, 6.07) is 0. The molecular formula is C12H9F3N4O4S. The molecule has 24 heavy (non-hydrogen) atoms. The zero-order valence-electron chi connectivity index (χ0n) is 12.2. The molecule has 0 aromatic carbocycles. The Balaban J connectivity index is 2.38. The van der Waals surface area contributed by atoms with Crippen LogP contribution >= 0.6 is 11.3 Å². The van der Waals surface area contributed by atoms with Crippen LogP contribution in [0, 0.1) is 0 Å². The summed E-state index contributed by atoms with van der Waals surface area (Å²) in [7, 11) is 2.49. The quantitative estimate of drug-likeness (QED) is 0.812. The van der Waals surface area contributed by atoms with Gasteiger partial charge >= 0.3 is 6.18 Å². The molecule has 0 unspecified atom stereocenters. The first-order valence-electron chi connectivity index (χ1n) is 6.09. The van der Waals surface area contributed by atoms with Gasteiger partial charge in [-0.3, -0.25) is 14.9 Å². The number of thiazole rings is 1. The fourth-order valence-electron chi connectivity index (χ4n) is 1.69. The van der Waals surface area contributed by atoms with Gasteiger partial charge in [0.2, 0.25) is 11.8 Å². The van der Waals surface area contributed by atoms with E-state index in [0.29, 0.717) is 11.3 Å². The molecule has 0 saturated heterocycles. The highest BCUT2D eigenvalue weighted by atomic mass is 32.1. The Hall–Kier alpha value is -2.76. The van der Waals surface area contributed by atoms with E-state index in [2.05, 4.69) is 20.3 Å². The van der Waals surface area contributed by atoms with Crippen LogP contribution in [0.5, 0.6) is 11.8 Å². The third kappa shape index (κ3) is 3.42. The third-order valence-corrected chi connectivity index (χ3v) is 3.54. The molecule has 2 heterocycles. The molecule has 0 aliphatic heterocycles. The highest BCUT2D eigenvalue weighted by Crippen LogP contribution is 2.35. The summed E-state index contributed by atoms with van der Waals surface area (Å²) in [4.78, 5) is 33.0. The summed E-state index contributed by atoms with van der Waals surface area (Å²) in [5.41, 5.74) is -1.60. The van der Waals surface area contributed by atoms with Crippen molar-refractivity contribution >= 4 is 28.7 Å². The number of anilines is 1. The lowest BCUT2D eigenvalue weighted by atomic mass is 10.3. The van der Waals surface area contributed by atoms with Gasteiger partial charge in [0.15, 0.2) is 22.7 Å². The van der Waals surface area contributed by atoms with Crippen LogP contribution in [0.4, 0.5) is 18.3 Å². The number of carbonyl (C=O) groups is 2. The lowest BCUT2D eigenvalue weighted by Crippen LogP contribution is -2.16. The number of nitrogens with zero attached hydrogens (tertiary/aromatic N) is 3. The van der Waals surface area contributed by atoms with E-state index in [0.717, 1.165) is 6.33 Å². The van der Waals surface area contributed by atoms with Crippen molar-refractivity contribution in [1.29, 1.82) is 0 Å². The summed E-state index contributed by atoms with van der Waals surface area (Å²) >= 11 is 0.383. The number of methoxy groups -OCH3 is 2. The van der Waals surface area contributed by atoms with E-state index in [-0.39, 0.29) is 23.6 Å². The minimum atomic E-state index is -4.82. The Labute approximate surface area is 136 Å². The van der Waals surface area contributed by atoms with Crippen LogP contribution in [0.1, 0.15) is 25.7 Å². The molecule has 2 aromatic heterocycles. The van der Waals surface area contributed by atoms with Crippen molar-refractivity contribution in [3.8, 4) is 11.8 Å². The van der Waals surface area contributed by atoms with Gasteiger partial charge in [-0.15, -0.1) is 0 Å². The Morgan fingerprint density at radius 1 is 1.25 bits per heavy atom. The fourth-order valence-corrected chi connectivity index (χ4v) is 2.48. The molecule has 0 fully saturated rings. The Morgan fingerprint density at radius 3 is 2.25 bits per heavy atom. The topological polar surface area (TPSA) is 103 Å². The second-order valence-electron chi connectivity index (χ2n) is 4.07. The van der Waals surface area contributed by atoms with Crippen LogP contribution in [0.25, 0.3) is 0 Å². The second kappa shape index (κ2) is 6.78. The minimum Gasteiger partial charge on any atom is -0.480 e. The maximum atomic E-state index is 12.8. The van der Waals surface area contributed by atoms with Crippen LogP contribution in [-0.2, 0) is 6.18 Å². The number of hydrogen-bond acceptors (Lipinski definition) is 8. The molecule has 1 amide bonds. The van der Waals surface area contributed by atoms with Crippen LogP contribution in [0.15, 0.2) is 6.33 Å². The number of aromatic nitrogens is 3. The largest absolute Gasteiger partial charge is 0.480 e. The molecule has 12 heteroatoms. The van der Waals surface area contributed by atoms with Crippen molar-refractivity contribution < 1.29 is 32.2 Å². The SMILES string of the molecule is COc1ncnc(OC)c1C(=O)Nc1nc(C(F)(F)F)c(C=O)s1. The molecular weight excluding hydrogens is 353 g/mol. The summed E-state index contributed by atoms with van der Waals surface area (Å²) in [5, 5.41) is 1.73. The number of halogens is 3. The summed E-state index contributed by atoms with van der Waals surface area (Å²) in [6.07, 6.45) is -3.71. The maximum absolute atomic E-state index is 12.8. The van der Waals surface area contributed by atoms with Crippen molar-refractivity contribution in [2.24, 2.45) is 0 Å². The van der Waals surface area contributed by atoms with E-state index >= 15 is 0 Å². The zero-order chi connectivity index (χ0) is 17.9. The average Bonchev–Trinajstić information content (AvgIpc) is 2.97. The average molecular weight is 362 g/mol. The number of hydrogen-bond donors (Lipinski definition) is 1. The Morgan fingerprint density at radius 2 is 1.83 bits per heavy atom. The second-order valence-corrected chi connectivity index (χ2v) is 5.10. The first-order valence-corrected chi connectivity index (χ1v) is 6.91. The van der Waals surface area contributed by atoms with E-state index in [9.17, 15) is 22.8 Å². The molecule has 1 N–H and O–H groups in total. The molecule has 0 aliphatic rings. The maximum Gasteiger partial charge on any atom is 0.434 e. The molecule has 0 atom stereocenters. The molecule has 0 saturated carbocycles. The first kappa shape index (κ1) is 17.6. The lowest BCUT2D eigenvalue weighted by molar-refractivity contribution is -0.140. The molecule has 2 rings (SSSR count). The van der Waals surface area contributed by atoms with Gasteiger partial charge in [0.05, 0.1) is 14.2 Å². The Bertz CT molecular complexity index is 756. The van der Waals surface area contributed by atoms with Crippen molar-refractivity contribution in [2.45, 2.75) is 6.18 Å². The molecule has 0 bridgehead atoms. The normalized spacial score (nSPS) is 11.0. The zero-order valence-corrected chi connectivity index (χ0v) is 13.0. The number of ether oxygens (including phenoxy) is 2. The van der Waals surface area contributed by atoms with Gasteiger partial charge in [-0.2, -0.15) is 13.2 Å². The van der Waals surface area contributed by atoms with Gasteiger partial charge in [-0.05, 0) is 0 Å². The summed E-state index contributed by atoms with van der Waals surface area (Å²) < 4.78 is 48.1. The highest BCUT2D eigenvalue weighted by molar-refractivity contribution is 7.17.